The molecule has 0 aliphatic heterocycles. The third kappa shape index (κ3) is 4.36. The molecule has 0 saturated heterocycles. The van der Waals surface area contributed by atoms with Crippen LogP contribution in [0.2, 0.25) is 5.02 Å². The Morgan fingerprint density at radius 2 is 2.12 bits per heavy atom. The molecule has 0 heterocycles. The molecule has 0 radical (unpaired) electrons. The molecule has 2 N–H and O–H groups in total. The number of amides is 1. The summed E-state index contributed by atoms with van der Waals surface area (Å²) in [5, 5.41) is 6.67. The number of benzene rings is 1. The van der Waals surface area contributed by atoms with Gasteiger partial charge in [-0.15, -0.1) is 0 Å². The minimum Gasteiger partial charge on any atom is -0.352 e. The van der Waals surface area contributed by atoms with Crippen LogP contribution in [0.5, 0.6) is 0 Å². The normalized spacial score (nSPS) is 12.2. The predicted molar refractivity (Wildman–Crippen MR) is 71.6 cm³/mol. The number of carbonyl (C=O) groups excluding carboxylic acids is 1. The zero-order valence-corrected chi connectivity index (χ0v) is 11.3. The minimum atomic E-state index is -0.0484. The summed E-state index contributed by atoms with van der Waals surface area (Å²) in [5.41, 5.74) is 1.58. The fourth-order valence-electron chi connectivity index (χ4n) is 1.58. The van der Waals surface area contributed by atoms with Crippen molar-refractivity contribution in [3.8, 4) is 0 Å². The summed E-state index contributed by atoms with van der Waals surface area (Å²) in [4.78, 5) is 11.8. The predicted octanol–water partition coefficient (Wildman–Crippen LogP) is 2.23. The molecule has 17 heavy (non-hydrogen) atoms. The molecule has 1 unspecified atom stereocenters. The molecule has 1 aromatic rings. The molecule has 1 amide bonds. The van der Waals surface area contributed by atoms with Gasteiger partial charge in [-0.05, 0) is 50.2 Å². The minimum absolute atomic E-state index is 0.0484. The van der Waals surface area contributed by atoms with E-state index in [1.807, 2.05) is 14.0 Å². The molecule has 1 rings (SSSR count). The molecular formula is C13H19ClN2O. The number of carbonyl (C=O) groups is 1. The number of rotatable bonds is 5. The fraction of sp³-hybridized carbons (Fsp3) is 0.462. The lowest BCUT2D eigenvalue weighted by molar-refractivity contribution is 0.0948. The Hall–Kier alpha value is -1.06. The maximum Gasteiger partial charge on any atom is 0.251 e. The summed E-state index contributed by atoms with van der Waals surface area (Å²) in [7, 11) is 1.90. The highest BCUT2D eigenvalue weighted by molar-refractivity contribution is 6.31. The first-order valence-corrected chi connectivity index (χ1v) is 6.11. The van der Waals surface area contributed by atoms with Crippen molar-refractivity contribution in [1.29, 1.82) is 0 Å². The van der Waals surface area contributed by atoms with Gasteiger partial charge in [0.1, 0.15) is 0 Å². The zero-order valence-electron chi connectivity index (χ0n) is 10.5. The van der Waals surface area contributed by atoms with E-state index in [-0.39, 0.29) is 5.91 Å². The molecule has 0 aromatic heterocycles. The highest BCUT2D eigenvalue weighted by Crippen LogP contribution is 2.16. The lowest BCUT2D eigenvalue weighted by atomic mass is 10.1. The standard InChI is InChI=1S/C13H19ClN2O/c1-9(7-15-3)8-16-13(17)11-4-5-12(14)10(2)6-11/h4-6,9,15H,7-8H2,1-3H3,(H,16,17). The Labute approximate surface area is 108 Å². The first-order chi connectivity index (χ1) is 8.04. The van der Waals surface area contributed by atoms with Gasteiger partial charge in [0.05, 0.1) is 0 Å². The van der Waals surface area contributed by atoms with Gasteiger partial charge in [0.15, 0.2) is 0 Å². The SMILES string of the molecule is CNCC(C)CNC(=O)c1ccc(Cl)c(C)c1. The van der Waals surface area contributed by atoms with Gasteiger partial charge in [-0.1, -0.05) is 18.5 Å². The molecule has 0 aliphatic carbocycles. The van der Waals surface area contributed by atoms with E-state index in [2.05, 4.69) is 17.6 Å². The van der Waals surface area contributed by atoms with Crippen LogP contribution < -0.4 is 10.6 Å². The molecular weight excluding hydrogens is 236 g/mol. The molecule has 94 valence electrons. The van der Waals surface area contributed by atoms with E-state index in [1.165, 1.54) is 0 Å². The van der Waals surface area contributed by atoms with Crippen LogP contribution in [-0.2, 0) is 0 Å². The van der Waals surface area contributed by atoms with E-state index in [4.69, 9.17) is 11.6 Å². The largest absolute Gasteiger partial charge is 0.352 e. The van der Waals surface area contributed by atoms with E-state index in [0.717, 1.165) is 12.1 Å². The van der Waals surface area contributed by atoms with Crippen LogP contribution in [-0.4, -0.2) is 26.0 Å². The molecule has 1 aromatic carbocycles. The van der Waals surface area contributed by atoms with Crippen molar-refractivity contribution in [2.24, 2.45) is 5.92 Å². The van der Waals surface area contributed by atoms with Crippen LogP contribution in [0.4, 0.5) is 0 Å². The maximum atomic E-state index is 11.8. The van der Waals surface area contributed by atoms with Gasteiger partial charge in [0, 0.05) is 17.1 Å². The molecule has 0 spiro atoms. The van der Waals surface area contributed by atoms with Crippen LogP contribution in [0.3, 0.4) is 0 Å². The third-order valence-corrected chi connectivity index (χ3v) is 3.01. The van der Waals surface area contributed by atoms with Crippen LogP contribution >= 0.6 is 11.6 Å². The number of halogens is 1. The van der Waals surface area contributed by atoms with E-state index in [0.29, 0.717) is 23.0 Å². The maximum absolute atomic E-state index is 11.8. The second-order valence-electron chi connectivity index (χ2n) is 4.34. The van der Waals surface area contributed by atoms with Gasteiger partial charge in [-0.2, -0.15) is 0 Å². The Balaban J connectivity index is 2.55. The summed E-state index contributed by atoms with van der Waals surface area (Å²) in [6.07, 6.45) is 0. The van der Waals surface area contributed by atoms with Crippen molar-refractivity contribution >= 4 is 17.5 Å². The van der Waals surface area contributed by atoms with Crippen LogP contribution in [0.15, 0.2) is 18.2 Å². The van der Waals surface area contributed by atoms with E-state index >= 15 is 0 Å². The van der Waals surface area contributed by atoms with Crippen molar-refractivity contribution in [3.05, 3.63) is 34.3 Å². The highest BCUT2D eigenvalue weighted by atomic mass is 35.5. The van der Waals surface area contributed by atoms with Gasteiger partial charge in [-0.3, -0.25) is 4.79 Å². The Morgan fingerprint density at radius 1 is 1.41 bits per heavy atom. The van der Waals surface area contributed by atoms with Crippen LogP contribution in [0.25, 0.3) is 0 Å². The molecule has 3 nitrogen and oxygen atoms in total. The van der Waals surface area contributed by atoms with Crippen molar-refractivity contribution in [2.45, 2.75) is 13.8 Å². The fourth-order valence-corrected chi connectivity index (χ4v) is 1.69. The summed E-state index contributed by atoms with van der Waals surface area (Å²) < 4.78 is 0. The first-order valence-electron chi connectivity index (χ1n) is 5.73. The lowest BCUT2D eigenvalue weighted by Crippen LogP contribution is -2.32. The van der Waals surface area contributed by atoms with E-state index in [1.54, 1.807) is 18.2 Å². The molecule has 0 aliphatic rings. The number of hydrogen-bond acceptors (Lipinski definition) is 2. The topological polar surface area (TPSA) is 41.1 Å². The zero-order chi connectivity index (χ0) is 12.8. The molecule has 1 atom stereocenters. The number of nitrogens with one attached hydrogen (secondary N) is 2. The van der Waals surface area contributed by atoms with E-state index < -0.39 is 0 Å². The molecule has 0 bridgehead atoms. The van der Waals surface area contributed by atoms with Crippen molar-refractivity contribution in [2.75, 3.05) is 20.1 Å². The number of aryl methyl sites for hydroxylation is 1. The van der Waals surface area contributed by atoms with Gasteiger partial charge in [0.2, 0.25) is 0 Å². The average molecular weight is 255 g/mol. The van der Waals surface area contributed by atoms with Crippen molar-refractivity contribution < 1.29 is 4.79 Å². The summed E-state index contributed by atoms with van der Waals surface area (Å²) >= 11 is 5.91. The average Bonchev–Trinajstić information content (AvgIpc) is 2.30. The smallest absolute Gasteiger partial charge is 0.251 e. The monoisotopic (exact) mass is 254 g/mol. The lowest BCUT2D eigenvalue weighted by Gasteiger charge is -2.12. The van der Waals surface area contributed by atoms with Crippen LogP contribution in [0.1, 0.15) is 22.8 Å². The van der Waals surface area contributed by atoms with Crippen molar-refractivity contribution in [3.63, 3.8) is 0 Å². The van der Waals surface area contributed by atoms with Crippen molar-refractivity contribution in [1.82, 2.24) is 10.6 Å². The number of hydrogen-bond donors (Lipinski definition) is 2. The summed E-state index contributed by atoms with van der Waals surface area (Å²) in [5.74, 6) is 0.366. The first kappa shape index (κ1) is 14.0. The van der Waals surface area contributed by atoms with Gasteiger partial charge >= 0.3 is 0 Å². The van der Waals surface area contributed by atoms with Gasteiger partial charge in [-0.25, -0.2) is 0 Å². The Morgan fingerprint density at radius 3 is 2.71 bits per heavy atom. The molecule has 4 heteroatoms. The summed E-state index contributed by atoms with van der Waals surface area (Å²) in [6.45, 7) is 5.54. The molecule has 0 saturated carbocycles. The quantitative estimate of drug-likeness (QED) is 0.846. The third-order valence-electron chi connectivity index (χ3n) is 2.58. The highest BCUT2D eigenvalue weighted by Gasteiger charge is 2.08. The second-order valence-corrected chi connectivity index (χ2v) is 4.74. The Kier molecular flexibility index (Phi) is 5.45. The molecule has 0 fully saturated rings. The summed E-state index contributed by atoms with van der Waals surface area (Å²) in [6, 6.07) is 5.30. The second kappa shape index (κ2) is 6.62. The van der Waals surface area contributed by atoms with Gasteiger partial charge in [0.25, 0.3) is 5.91 Å². The van der Waals surface area contributed by atoms with Crippen LogP contribution in [0, 0.1) is 12.8 Å². The van der Waals surface area contributed by atoms with Gasteiger partial charge < -0.3 is 10.6 Å². The Bertz CT molecular complexity index is 393. The van der Waals surface area contributed by atoms with E-state index in [9.17, 15) is 4.79 Å².